The monoisotopic (exact) mass is 280 g/mol. The summed E-state index contributed by atoms with van der Waals surface area (Å²) in [5, 5.41) is 1.26. The van der Waals surface area contributed by atoms with Crippen LogP contribution in [-0.4, -0.2) is 12.2 Å². The molecule has 20 heavy (non-hydrogen) atoms. The van der Waals surface area contributed by atoms with Crippen LogP contribution < -0.4 is 0 Å². The Morgan fingerprint density at radius 1 is 0.750 bits per heavy atom. The van der Waals surface area contributed by atoms with Crippen LogP contribution in [0.3, 0.4) is 0 Å². The van der Waals surface area contributed by atoms with E-state index in [9.17, 15) is 17.3 Å². The lowest BCUT2D eigenvalue weighted by Gasteiger charge is -1.94. The number of hydrogen-bond donors (Lipinski definition) is 1. The van der Waals surface area contributed by atoms with Crippen molar-refractivity contribution >= 4 is 18.2 Å². The van der Waals surface area contributed by atoms with E-state index in [2.05, 4.69) is 53.5 Å². The third-order valence-corrected chi connectivity index (χ3v) is 2.61. The zero-order chi connectivity index (χ0) is 14.6. The average molecular weight is 280 g/mol. The summed E-state index contributed by atoms with van der Waals surface area (Å²) in [6.45, 7) is 0. The van der Waals surface area contributed by atoms with Gasteiger partial charge in [0.2, 0.25) is 0 Å². The van der Waals surface area contributed by atoms with E-state index in [1.54, 1.807) is 0 Å². The molecule has 0 aliphatic rings. The molecule has 1 nitrogen and oxygen atoms in total. The molecular formula is C14H11BF4N-. The van der Waals surface area contributed by atoms with Gasteiger partial charge in [-0.1, -0.05) is 48.5 Å². The van der Waals surface area contributed by atoms with Gasteiger partial charge in [0, 0.05) is 16.6 Å². The molecule has 1 heterocycles. The van der Waals surface area contributed by atoms with E-state index in [0.29, 0.717) is 0 Å². The summed E-state index contributed by atoms with van der Waals surface area (Å²) < 4.78 is 39.0. The predicted octanol–water partition coefficient (Wildman–Crippen LogP) is 5.13. The quantitative estimate of drug-likeness (QED) is 0.469. The van der Waals surface area contributed by atoms with Gasteiger partial charge in [-0.15, -0.1) is 0 Å². The minimum atomic E-state index is -6.00. The molecule has 0 radical (unpaired) electrons. The lowest BCUT2D eigenvalue weighted by molar-refractivity contribution is 0.368. The zero-order valence-corrected chi connectivity index (χ0v) is 10.4. The standard InChI is InChI=1S/C14H11N.BF4/c1-2-6-11(7-3-1)14-10-12-8-4-5-9-13(12)15-14;2-1(3,4)5/h1-10,15H;/q;-1. The third-order valence-electron chi connectivity index (χ3n) is 2.61. The molecule has 2 aromatic carbocycles. The number of H-pyrrole nitrogens is 1. The van der Waals surface area contributed by atoms with E-state index in [1.807, 2.05) is 12.1 Å². The van der Waals surface area contributed by atoms with Gasteiger partial charge < -0.3 is 22.2 Å². The highest BCUT2D eigenvalue weighted by Crippen LogP contribution is 2.23. The number of nitrogens with one attached hydrogen (secondary N) is 1. The molecular weight excluding hydrogens is 269 g/mol. The predicted molar refractivity (Wildman–Crippen MR) is 73.9 cm³/mol. The summed E-state index contributed by atoms with van der Waals surface area (Å²) in [5.41, 5.74) is 3.60. The highest BCUT2D eigenvalue weighted by molar-refractivity contribution is 6.50. The molecule has 0 fully saturated rings. The van der Waals surface area contributed by atoms with Crippen molar-refractivity contribution in [1.82, 2.24) is 4.98 Å². The Labute approximate surface area is 113 Å². The Bertz CT molecular complexity index is 637. The molecule has 0 bridgehead atoms. The molecule has 0 spiro atoms. The fourth-order valence-electron chi connectivity index (χ4n) is 1.85. The lowest BCUT2D eigenvalue weighted by atomic mass is 10.1. The second kappa shape index (κ2) is 5.82. The van der Waals surface area contributed by atoms with E-state index in [4.69, 9.17) is 0 Å². The Kier molecular flexibility index (Phi) is 4.12. The first kappa shape index (κ1) is 14.2. The minimum absolute atomic E-state index is 1.18. The average Bonchev–Trinajstić information content (AvgIpc) is 2.81. The third kappa shape index (κ3) is 4.15. The first-order valence-corrected chi connectivity index (χ1v) is 5.94. The van der Waals surface area contributed by atoms with Gasteiger partial charge in [0.1, 0.15) is 0 Å². The van der Waals surface area contributed by atoms with Gasteiger partial charge in [-0.3, -0.25) is 0 Å². The largest absolute Gasteiger partial charge is 0.673 e. The number of para-hydroxylation sites is 1. The van der Waals surface area contributed by atoms with Crippen molar-refractivity contribution in [3.05, 3.63) is 60.7 Å². The van der Waals surface area contributed by atoms with Crippen molar-refractivity contribution in [2.24, 2.45) is 0 Å². The van der Waals surface area contributed by atoms with Crippen LogP contribution in [-0.2, 0) is 0 Å². The van der Waals surface area contributed by atoms with Crippen LogP contribution in [0.5, 0.6) is 0 Å². The molecule has 6 heteroatoms. The van der Waals surface area contributed by atoms with Crippen molar-refractivity contribution in [3.63, 3.8) is 0 Å². The Balaban J connectivity index is 0.000000257. The maximum absolute atomic E-state index is 9.75. The molecule has 1 aromatic heterocycles. The van der Waals surface area contributed by atoms with Crippen molar-refractivity contribution in [2.75, 3.05) is 0 Å². The van der Waals surface area contributed by atoms with Crippen molar-refractivity contribution in [3.8, 4) is 11.3 Å². The number of aromatic nitrogens is 1. The Morgan fingerprint density at radius 3 is 1.90 bits per heavy atom. The zero-order valence-electron chi connectivity index (χ0n) is 10.4. The van der Waals surface area contributed by atoms with Crippen LogP contribution in [0.1, 0.15) is 0 Å². The normalized spacial score (nSPS) is 11.0. The summed E-state index contributed by atoms with van der Waals surface area (Å²) in [7, 11) is -6.00. The van der Waals surface area contributed by atoms with Crippen molar-refractivity contribution in [1.29, 1.82) is 0 Å². The van der Waals surface area contributed by atoms with Crippen molar-refractivity contribution in [2.45, 2.75) is 0 Å². The molecule has 0 atom stereocenters. The topological polar surface area (TPSA) is 15.8 Å². The fourth-order valence-corrected chi connectivity index (χ4v) is 1.85. The molecule has 0 aliphatic carbocycles. The molecule has 104 valence electrons. The van der Waals surface area contributed by atoms with E-state index >= 15 is 0 Å². The van der Waals surface area contributed by atoms with Gasteiger partial charge in [0.05, 0.1) is 0 Å². The summed E-state index contributed by atoms with van der Waals surface area (Å²) in [5.74, 6) is 0. The summed E-state index contributed by atoms with van der Waals surface area (Å²) in [4.78, 5) is 3.41. The first-order chi connectivity index (χ1) is 9.43. The Morgan fingerprint density at radius 2 is 1.30 bits per heavy atom. The van der Waals surface area contributed by atoms with Gasteiger partial charge in [0.15, 0.2) is 0 Å². The van der Waals surface area contributed by atoms with Crippen LogP contribution in [0.2, 0.25) is 0 Å². The summed E-state index contributed by atoms with van der Waals surface area (Å²) in [6.07, 6.45) is 0. The molecule has 0 aliphatic heterocycles. The number of hydrogen-bond acceptors (Lipinski definition) is 0. The van der Waals surface area contributed by atoms with Gasteiger partial charge in [-0.05, 0) is 17.7 Å². The highest BCUT2D eigenvalue weighted by Gasteiger charge is 2.20. The molecule has 1 N–H and O–H groups in total. The first-order valence-electron chi connectivity index (χ1n) is 5.94. The number of benzene rings is 2. The minimum Gasteiger partial charge on any atom is -0.418 e. The molecule has 3 rings (SSSR count). The number of fused-ring (bicyclic) bond motifs is 1. The molecule has 3 aromatic rings. The maximum Gasteiger partial charge on any atom is 0.673 e. The Hall–Kier alpha value is -2.24. The number of rotatable bonds is 1. The van der Waals surface area contributed by atoms with Gasteiger partial charge >= 0.3 is 7.25 Å². The molecule has 0 saturated carbocycles. The van der Waals surface area contributed by atoms with E-state index in [1.165, 1.54) is 22.2 Å². The van der Waals surface area contributed by atoms with Crippen molar-refractivity contribution < 1.29 is 17.3 Å². The van der Waals surface area contributed by atoms with Crippen LogP contribution in [0.25, 0.3) is 22.2 Å². The van der Waals surface area contributed by atoms with Crippen LogP contribution in [0.15, 0.2) is 60.7 Å². The summed E-state index contributed by atoms with van der Waals surface area (Å²) in [6, 6.07) is 20.9. The van der Waals surface area contributed by atoms with Gasteiger partial charge in [0.25, 0.3) is 0 Å². The van der Waals surface area contributed by atoms with E-state index < -0.39 is 7.25 Å². The second-order valence-corrected chi connectivity index (χ2v) is 4.13. The second-order valence-electron chi connectivity index (χ2n) is 4.13. The van der Waals surface area contributed by atoms with Crippen LogP contribution >= 0.6 is 0 Å². The molecule has 0 saturated heterocycles. The SMILES string of the molecule is F[B-](F)(F)F.c1ccc(-c2cc3ccccc3[nH]2)cc1. The maximum atomic E-state index is 9.75. The fraction of sp³-hybridized carbons (Fsp3) is 0. The highest BCUT2D eigenvalue weighted by atomic mass is 19.5. The van der Waals surface area contributed by atoms with Gasteiger partial charge in [-0.2, -0.15) is 0 Å². The number of aromatic amines is 1. The summed E-state index contributed by atoms with van der Waals surface area (Å²) >= 11 is 0. The van der Waals surface area contributed by atoms with Crippen LogP contribution in [0, 0.1) is 0 Å². The van der Waals surface area contributed by atoms with Gasteiger partial charge in [-0.25, -0.2) is 0 Å². The lowest BCUT2D eigenvalue weighted by Crippen LogP contribution is -2.02. The van der Waals surface area contributed by atoms with E-state index in [-0.39, 0.29) is 0 Å². The van der Waals surface area contributed by atoms with E-state index in [0.717, 1.165) is 0 Å². The molecule has 0 amide bonds. The smallest absolute Gasteiger partial charge is 0.418 e. The van der Waals surface area contributed by atoms with Crippen LogP contribution in [0.4, 0.5) is 17.3 Å². The molecule has 0 unspecified atom stereocenters. The number of halogens is 4.